The third-order valence-electron chi connectivity index (χ3n) is 5.38. The minimum atomic E-state index is 0.188. The molecular formula is C18H22N2O. The van der Waals surface area contributed by atoms with Gasteiger partial charge in [0.1, 0.15) is 0 Å². The normalized spacial score (nSPS) is 20.2. The zero-order chi connectivity index (χ0) is 14.4. The molecule has 0 spiro atoms. The van der Waals surface area contributed by atoms with Crippen LogP contribution in [0.25, 0.3) is 10.9 Å². The summed E-state index contributed by atoms with van der Waals surface area (Å²) in [6.07, 6.45) is 7.93. The highest BCUT2D eigenvalue weighted by Gasteiger charge is 2.47. The van der Waals surface area contributed by atoms with Crippen LogP contribution in [0.2, 0.25) is 0 Å². The number of aromatic amines is 1. The van der Waals surface area contributed by atoms with Crippen molar-refractivity contribution in [3.05, 3.63) is 36.0 Å². The van der Waals surface area contributed by atoms with E-state index in [1.807, 2.05) is 11.9 Å². The molecule has 0 radical (unpaired) electrons. The predicted molar refractivity (Wildman–Crippen MR) is 84.2 cm³/mol. The number of nitrogens with zero attached hydrogens (tertiary/aromatic N) is 1. The molecule has 2 aliphatic rings. The monoisotopic (exact) mass is 282 g/mol. The number of carbonyl (C=O) groups excluding carboxylic acids is 1. The van der Waals surface area contributed by atoms with Gasteiger partial charge in [0.05, 0.1) is 0 Å². The maximum absolute atomic E-state index is 12.4. The van der Waals surface area contributed by atoms with Gasteiger partial charge in [0.2, 0.25) is 5.91 Å². The molecule has 3 heteroatoms. The second-order valence-corrected chi connectivity index (χ2v) is 6.85. The molecule has 1 heterocycles. The molecule has 0 atom stereocenters. The van der Waals surface area contributed by atoms with Crippen LogP contribution >= 0.6 is 0 Å². The standard InChI is InChI=1S/C18H22N2O/c1-20(17(21)13-5-4-6-13)12-18(9-10-18)15-11-19-16-8-3-2-7-14(15)16/h2-3,7-8,11,13,19H,4-6,9-10,12H2,1H3. The smallest absolute Gasteiger partial charge is 0.225 e. The average molecular weight is 282 g/mol. The Hall–Kier alpha value is -1.77. The Morgan fingerprint density at radius 1 is 1.33 bits per heavy atom. The second-order valence-electron chi connectivity index (χ2n) is 6.85. The largest absolute Gasteiger partial charge is 0.361 e. The summed E-state index contributed by atoms with van der Waals surface area (Å²) in [6.45, 7) is 0.865. The summed E-state index contributed by atoms with van der Waals surface area (Å²) in [5.74, 6) is 0.654. The number of nitrogens with one attached hydrogen (secondary N) is 1. The third-order valence-corrected chi connectivity index (χ3v) is 5.38. The molecule has 0 unspecified atom stereocenters. The van der Waals surface area contributed by atoms with Crippen LogP contribution in [0.15, 0.2) is 30.5 Å². The first kappa shape index (κ1) is 12.9. The number of carbonyl (C=O) groups is 1. The lowest BCUT2D eigenvalue weighted by molar-refractivity contribution is -0.137. The summed E-state index contributed by atoms with van der Waals surface area (Å²) in [7, 11) is 1.98. The van der Waals surface area contributed by atoms with E-state index in [-0.39, 0.29) is 5.41 Å². The van der Waals surface area contributed by atoms with Crippen molar-refractivity contribution in [3.63, 3.8) is 0 Å². The van der Waals surface area contributed by atoms with Gasteiger partial charge in [-0.1, -0.05) is 24.6 Å². The van der Waals surface area contributed by atoms with Gasteiger partial charge in [-0.2, -0.15) is 0 Å². The molecule has 3 nitrogen and oxygen atoms in total. The SMILES string of the molecule is CN(CC1(c2c[nH]c3ccccc23)CC1)C(=O)C1CCC1. The van der Waals surface area contributed by atoms with Crippen LogP contribution < -0.4 is 0 Å². The fraction of sp³-hybridized carbons (Fsp3) is 0.500. The Balaban J connectivity index is 1.57. The number of likely N-dealkylation sites (N-methyl/N-ethyl adjacent to an activating group) is 1. The van der Waals surface area contributed by atoms with Crippen LogP contribution in [-0.2, 0) is 10.2 Å². The molecule has 1 aromatic carbocycles. The Kier molecular flexibility index (Phi) is 2.84. The molecule has 4 rings (SSSR count). The highest BCUT2D eigenvalue weighted by molar-refractivity contribution is 5.85. The zero-order valence-corrected chi connectivity index (χ0v) is 12.6. The maximum atomic E-state index is 12.4. The van der Waals surface area contributed by atoms with Crippen LogP contribution in [0.5, 0.6) is 0 Å². The number of fused-ring (bicyclic) bond motifs is 1. The number of para-hydroxylation sites is 1. The minimum absolute atomic E-state index is 0.188. The van der Waals surface area contributed by atoms with Gasteiger partial charge in [-0.3, -0.25) is 4.79 Å². The van der Waals surface area contributed by atoms with Crippen LogP contribution in [0.3, 0.4) is 0 Å². The summed E-state index contributed by atoms with van der Waals surface area (Å²) in [4.78, 5) is 17.7. The summed E-state index contributed by atoms with van der Waals surface area (Å²) in [5, 5.41) is 1.32. The number of amides is 1. The lowest BCUT2D eigenvalue weighted by atomic mass is 9.84. The summed E-state index contributed by atoms with van der Waals surface area (Å²) < 4.78 is 0. The minimum Gasteiger partial charge on any atom is -0.361 e. The van der Waals surface area contributed by atoms with E-state index in [4.69, 9.17) is 0 Å². The summed E-state index contributed by atoms with van der Waals surface area (Å²) in [5.41, 5.74) is 2.78. The molecule has 21 heavy (non-hydrogen) atoms. The first-order valence-corrected chi connectivity index (χ1v) is 8.01. The predicted octanol–water partition coefficient (Wildman–Crippen LogP) is 3.46. The Labute approximate surface area is 125 Å². The molecule has 1 amide bonds. The van der Waals surface area contributed by atoms with E-state index in [0.717, 1.165) is 19.4 Å². The fourth-order valence-electron chi connectivity index (χ4n) is 3.67. The highest BCUT2D eigenvalue weighted by atomic mass is 16.2. The lowest BCUT2D eigenvalue weighted by Gasteiger charge is -2.31. The van der Waals surface area contributed by atoms with E-state index >= 15 is 0 Å². The van der Waals surface area contributed by atoms with Crippen molar-refractivity contribution in [2.45, 2.75) is 37.5 Å². The van der Waals surface area contributed by atoms with Gasteiger partial charge in [0.15, 0.2) is 0 Å². The number of aromatic nitrogens is 1. The van der Waals surface area contributed by atoms with Crippen molar-refractivity contribution >= 4 is 16.8 Å². The Morgan fingerprint density at radius 2 is 2.10 bits per heavy atom. The Morgan fingerprint density at radius 3 is 2.76 bits per heavy atom. The molecule has 0 aliphatic heterocycles. The topological polar surface area (TPSA) is 36.1 Å². The molecule has 1 N–H and O–H groups in total. The molecule has 2 saturated carbocycles. The van der Waals surface area contributed by atoms with Crippen molar-refractivity contribution in [1.82, 2.24) is 9.88 Å². The van der Waals surface area contributed by atoms with Gasteiger partial charge in [-0.25, -0.2) is 0 Å². The Bertz CT molecular complexity index is 679. The number of benzene rings is 1. The van der Waals surface area contributed by atoms with Gasteiger partial charge in [0.25, 0.3) is 0 Å². The number of hydrogen-bond acceptors (Lipinski definition) is 1. The van der Waals surface area contributed by atoms with Gasteiger partial charge >= 0.3 is 0 Å². The first-order valence-electron chi connectivity index (χ1n) is 8.01. The van der Waals surface area contributed by atoms with E-state index in [2.05, 4.69) is 35.4 Å². The van der Waals surface area contributed by atoms with Gasteiger partial charge in [-0.15, -0.1) is 0 Å². The van der Waals surface area contributed by atoms with Gasteiger partial charge in [0, 0.05) is 42.0 Å². The first-order chi connectivity index (χ1) is 10.2. The quantitative estimate of drug-likeness (QED) is 0.916. The number of rotatable bonds is 4. The van der Waals surface area contributed by atoms with E-state index in [0.29, 0.717) is 11.8 Å². The van der Waals surface area contributed by atoms with Crippen LogP contribution in [-0.4, -0.2) is 29.4 Å². The van der Waals surface area contributed by atoms with Crippen molar-refractivity contribution in [1.29, 1.82) is 0 Å². The van der Waals surface area contributed by atoms with Crippen molar-refractivity contribution < 1.29 is 4.79 Å². The summed E-state index contributed by atoms with van der Waals surface area (Å²) in [6, 6.07) is 8.47. The molecule has 0 saturated heterocycles. The lowest BCUT2D eigenvalue weighted by Crippen LogP contribution is -2.40. The fourth-order valence-corrected chi connectivity index (χ4v) is 3.67. The van der Waals surface area contributed by atoms with Crippen molar-refractivity contribution in [3.8, 4) is 0 Å². The number of H-pyrrole nitrogens is 1. The molecule has 2 aliphatic carbocycles. The van der Waals surface area contributed by atoms with Crippen LogP contribution in [0.1, 0.15) is 37.7 Å². The molecule has 2 aromatic rings. The van der Waals surface area contributed by atoms with Crippen LogP contribution in [0, 0.1) is 5.92 Å². The molecule has 0 bridgehead atoms. The number of hydrogen-bond donors (Lipinski definition) is 1. The molecular weight excluding hydrogens is 260 g/mol. The van der Waals surface area contributed by atoms with Crippen molar-refractivity contribution in [2.24, 2.45) is 5.92 Å². The van der Waals surface area contributed by atoms with Gasteiger partial charge < -0.3 is 9.88 Å². The van der Waals surface area contributed by atoms with E-state index in [9.17, 15) is 4.79 Å². The molecule has 2 fully saturated rings. The third kappa shape index (κ3) is 2.06. The van der Waals surface area contributed by atoms with E-state index < -0.39 is 0 Å². The molecule has 1 aromatic heterocycles. The average Bonchev–Trinajstić information content (AvgIpc) is 3.06. The van der Waals surface area contributed by atoms with E-state index in [1.165, 1.54) is 35.7 Å². The second kappa shape index (κ2) is 4.62. The summed E-state index contributed by atoms with van der Waals surface area (Å²) >= 11 is 0. The van der Waals surface area contributed by atoms with Crippen molar-refractivity contribution in [2.75, 3.05) is 13.6 Å². The maximum Gasteiger partial charge on any atom is 0.225 e. The van der Waals surface area contributed by atoms with E-state index in [1.54, 1.807) is 0 Å². The zero-order valence-electron chi connectivity index (χ0n) is 12.6. The highest BCUT2D eigenvalue weighted by Crippen LogP contribution is 2.51. The van der Waals surface area contributed by atoms with Crippen LogP contribution in [0.4, 0.5) is 0 Å². The van der Waals surface area contributed by atoms with Gasteiger partial charge in [-0.05, 0) is 37.3 Å². The molecule has 110 valence electrons.